The van der Waals surface area contributed by atoms with E-state index in [9.17, 15) is 4.79 Å². The van der Waals surface area contributed by atoms with E-state index >= 15 is 0 Å². The van der Waals surface area contributed by atoms with Gasteiger partial charge in [-0.25, -0.2) is 4.98 Å². The minimum absolute atomic E-state index is 0.0973. The average molecular weight is 232 g/mol. The number of anilines is 1. The molecule has 1 heterocycles. The highest BCUT2D eigenvalue weighted by Crippen LogP contribution is 2.27. The van der Waals surface area contributed by atoms with E-state index in [0.29, 0.717) is 11.5 Å². The fourth-order valence-corrected chi connectivity index (χ4v) is 1.53. The molecule has 1 aromatic carbocycles. The van der Waals surface area contributed by atoms with Crippen LogP contribution in [0.2, 0.25) is 0 Å². The second-order valence-corrected chi connectivity index (χ2v) is 5.13. The van der Waals surface area contributed by atoms with Crippen LogP contribution in [0.25, 0.3) is 11.1 Å². The van der Waals surface area contributed by atoms with Crippen molar-refractivity contribution >= 4 is 22.7 Å². The molecule has 1 N–H and O–H groups in total. The van der Waals surface area contributed by atoms with Crippen LogP contribution >= 0.6 is 0 Å². The first-order valence-electron chi connectivity index (χ1n) is 5.55. The molecule has 17 heavy (non-hydrogen) atoms. The van der Waals surface area contributed by atoms with E-state index in [2.05, 4.69) is 10.3 Å². The third-order valence-electron chi connectivity index (χ3n) is 2.35. The van der Waals surface area contributed by atoms with Gasteiger partial charge in [-0.15, -0.1) is 0 Å². The molecule has 2 rings (SSSR count). The van der Waals surface area contributed by atoms with Crippen molar-refractivity contribution in [1.29, 1.82) is 0 Å². The summed E-state index contributed by atoms with van der Waals surface area (Å²) >= 11 is 0. The van der Waals surface area contributed by atoms with E-state index in [4.69, 9.17) is 4.42 Å². The number of nitrogens with one attached hydrogen (secondary N) is 1. The van der Waals surface area contributed by atoms with Crippen molar-refractivity contribution in [3.63, 3.8) is 0 Å². The lowest BCUT2D eigenvalue weighted by Crippen LogP contribution is -2.10. The monoisotopic (exact) mass is 232 g/mol. The molecule has 0 aliphatic heterocycles. The minimum Gasteiger partial charge on any atom is -0.440 e. The first-order valence-corrected chi connectivity index (χ1v) is 5.55. The van der Waals surface area contributed by atoms with Crippen molar-refractivity contribution in [2.45, 2.75) is 33.1 Å². The molecule has 0 aliphatic rings. The van der Waals surface area contributed by atoms with E-state index in [-0.39, 0.29) is 11.3 Å². The number of aromatic nitrogens is 1. The number of amides is 1. The Morgan fingerprint density at radius 3 is 2.65 bits per heavy atom. The summed E-state index contributed by atoms with van der Waals surface area (Å²) in [5.41, 5.74) is 2.11. The second-order valence-electron chi connectivity index (χ2n) is 5.13. The molecule has 90 valence electrons. The van der Waals surface area contributed by atoms with Gasteiger partial charge < -0.3 is 9.73 Å². The van der Waals surface area contributed by atoms with E-state index < -0.39 is 0 Å². The van der Waals surface area contributed by atoms with Gasteiger partial charge in [0.15, 0.2) is 5.58 Å². The molecule has 0 radical (unpaired) electrons. The van der Waals surface area contributed by atoms with Crippen molar-refractivity contribution in [3.05, 3.63) is 24.1 Å². The number of hydrogen-bond donors (Lipinski definition) is 1. The quantitative estimate of drug-likeness (QED) is 0.822. The molecule has 0 aliphatic carbocycles. The maximum Gasteiger partial charge on any atom is 0.221 e. The third-order valence-corrected chi connectivity index (χ3v) is 2.35. The van der Waals surface area contributed by atoms with Gasteiger partial charge in [-0.2, -0.15) is 0 Å². The molecule has 4 heteroatoms. The van der Waals surface area contributed by atoms with Crippen LogP contribution in [0.15, 0.2) is 22.6 Å². The van der Waals surface area contributed by atoms with Crippen LogP contribution in [-0.4, -0.2) is 10.9 Å². The molecule has 0 fully saturated rings. The zero-order chi connectivity index (χ0) is 12.6. The summed E-state index contributed by atoms with van der Waals surface area (Å²) in [6.07, 6.45) is 0. The molecule has 1 amide bonds. The second kappa shape index (κ2) is 3.87. The highest BCUT2D eigenvalue weighted by atomic mass is 16.3. The van der Waals surface area contributed by atoms with Crippen LogP contribution in [0.1, 0.15) is 33.6 Å². The van der Waals surface area contributed by atoms with E-state index in [1.165, 1.54) is 6.92 Å². The number of nitrogens with zero attached hydrogens (tertiary/aromatic N) is 1. The Labute approximate surface area is 100 Å². The number of benzene rings is 1. The summed E-state index contributed by atoms with van der Waals surface area (Å²) in [5, 5.41) is 2.72. The smallest absolute Gasteiger partial charge is 0.221 e. The lowest BCUT2D eigenvalue weighted by molar-refractivity contribution is -0.114. The van der Waals surface area contributed by atoms with Crippen LogP contribution in [0, 0.1) is 0 Å². The average Bonchev–Trinajstić information content (AvgIpc) is 2.58. The highest BCUT2D eigenvalue weighted by molar-refractivity contribution is 5.91. The molecule has 1 aromatic heterocycles. The van der Waals surface area contributed by atoms with Crippen molar-refractivity contribution in [3.8, 4) is 0 Å². The molecule has 0 saturated carbocycles. The normalized spacial score (nSPS) is 11.8. The van der Waals surface area contributed by atoms with Crippen LogP contribution < -0.4 is 5.32 Å². The van der Waals surface area contributed by atoms with Gasteiger partial charge in [-0.1, -0.05) is 20.8 Å². The highest BCUT2D eigenvalue weighted by Gasteiger charge is 2.20. The lowest BCUT2D eigenvalue weighted by atomic mass is 9.97. The maximum absolute atomic E-state index is 11.0. The number of carbonyl (C=O) groups is 1. The zero-order valence-electron chi connectivity index (χ0n) is 10.5. The minimum atomic E-state index is -0.118. The summed E-state index contributed by atoms with van der Waals surface area (Å²) in [4.78, 5) is 15.4. The van der Waals surface area contributed by atoms with Crippen LogP contribution in [0.5, 0.6) is 0 Å². The van der Waals surface area contributed by atoms with Crippen molar-refractivity contribution in [2.75, 3.05) is 5.32 Å². The molecule has 4 nitrogen and oxygen atoms in total. The number of oxazole rings is 1. The fourth-order valence-electron chi connectivity index (χ4n) is 1.53. The van der Waals surface area contributed by atoms with Gasteiger partial charge in [0.2, 0.25) is 11.8 Å². The molecule has 0 saturated heterocycles. The predicted octanol–water partition coefficient (Wildman–Crippen LogP) is 3.08. The van der Waals surface area contributed by atoms with Gasteiger partial charge in [0, 0.05) is 24.1 Å². The molecule has 0 spiro atoms. The largest absolute Gasteiger partial charge is 0.440 e. The number of rotatable bonds is 1. The summed E-state index contributed by atoms with van der Waals surface area (Å²) < 4.78 is 5.69. The molecule has 0 atom stereocenters. The van der Waals surface area contributed by atoms with E-state index in [1.54, 1.807) is 6.07 Å². The summed E-state index contributed by atoms with van der Waals surface area (Å²) in [6.45, 7) is 7.62. The summed E-state index contributed by atoms with van der Waals surface area (Å²) in [5.74, 6) is 0.604. The number of carbonyl (C=O) groups excluding carboxylic acids is 1. The molecular weight excluding hydrogens is 216 g/mol. The Morgan fingerprint density at radius 1 is 1.35 bits per heavy atom. The van der Waals surface area contributed by atoms with Gasteiger partial charge in [0.05, 0.1) is 0 Å². The van der Waals surface area contributed by atoms with Gasteiger partial charge in [0.1, 0.15) is 5.52 Å². The molecule has 2 aromatic rings. The Balaban J connectivity index is 2.44. The zero-order valence-corrected chi connectivity index (χ0v) is 10.5. The van der Waals surface area contributed by atoms with Crippen molar-refractivity contribution < 1.29 is 9.21 Å². The first-order chi connectivity index (χ1) is 7.86. The van der Waals surface area contributed by atoms with Crippen molar-refractivity contribution in [1.82, 2.24) is 4.98 Å². The Bertz CT molecular complexity index is 564. The SMILES string of the molecule is CC(=O)Nc1ccc2nc(C(C)(C)C)oc2c1. The van der Waals surface area contributed by atoms with Gasteiger partial charge in [0.25, 0.3) is 0 Å². The molecule has 0 unspecified atom stereocenters. The molecular formula is C13H16N2O2. The van der Waals surface area contributed by atoms with Crippen LogP contribution in [0.4, 0.5) is 5.69 Å². The van der Waals surface area contributed by atoms with Crippen LogP contribution in [-0.2, 0) is 10.2 Å². The lowest BCUT2D eigenvalue weighted by Gasteiger charge is -2.11. The van der Waals surface area contributed by atoms with Crippen molar-refractivity contribution in [2.24, 2.45) is 0 Å². The van der Waals surface area contributed by atoms with Gasteiger partial charge >= 0.3 is 0 Å². The summed E-state index contributed by atoms with van der Waals surface area (Å²) in [6, 6.07) is 5.46. The summed E-state index contributed by atoms with van der Waals surface area (Å²) in [7, 11) is 0. The standard InChI is InChI=1S/C13H16N2O2/c1-8(16)14-9-5-6-10-11(7-9)17-12(15-10)13(2,3)4/h5-7H,1-4H3,(H,14,16). The topological polar surface area (TPSA) is 55.1 Å². The third kappa shape index (κ3) is 2.46. The Hall–Kier alpha value is -1.84. The number of hydrogen-bond acceptors (Lipinski definition) is 3. The first kappa shape index (κ1) is 11.6. The number of fused-ring (bicyclic) bond motifs is 1. The van der Waals surface area contributed by atoms with E-state index in [1.807, 2.05) is 32.9 Å². The van der Waals surface area contributed by atoms with Crippen LogP contribution in [0.3, 0.4) is 0 Å². The van der Waals surface area contributed by atoms with Gasteiger partial charge in [-0.3, -0.25) is 4.79 Å². The van der Waals surface area contributed by atoms with E-state index in [0.717, 1.165) is 11.2 Å². The van der Waals surface area contributed by atoms with Gasteiger partial charge in [-0.05, 0) is 12.1 Å². The Morgan fingerprint density at radius 2 is 2.06 bits per heavy atom. The fraction of sp³-hybridized carbons (Fsp3) is 0.385. The predicted molar refractivity (Wildman–Crippen MR) is 67.0 cm³/mol. The molecule has 0 bridgehead atoms. The maximum atomic E-state index is 11.0. The Kier molecular flexibility index (Phi) is 2.65.